The molecule has 0 bridgehead atoms. The summed E-state index contributed by atoms with van der Waals surface area (Å²) in [5, 5.41) is 9.81. The second-order valence-corrected chi connectivity index (χ2v) is 3.62. The van der Waals surface area contributed by atoms with Crippen LogP contribution in [0.25, 0.3) is 0 Å². The molecule has 1 N–H and O–H groups in total. The number of hydrogen-bond donors (Lipinski definition) is 1. The van der Waals surface area contributed by atoms with Crippen molar-refractivity contribution >= 4 is 0 Å². The molecular weight excluding hydrogens is 182 g/mol. The van der Waals surface area contributed by atoms with E-state index in [9.17, 15) is 5.11 Å². The summed E-state index contributed by atoms with van der Waals surface area (Å²) >= 11 is 0. The molecule has 0 aromatic heterocycles. The highest BCUT2D eigenvalue weighted by Crippen LogP contribution is 2.13. The monoisotopic (exact) mass is 203 g/mol. The van der Waals surface area contributed by atoms with Crippen LogP contribution in [0.3, 0.4) is 0 Å². The highest BCUT2D eigenvalue weighted by Gasteiger charge is 2.28. The second kappa shape index (κ2) is 6.35. The molecule has 0 radical (unpaired) electrons. The van der Waals surface area contributed by atoms with Gasteiger partial charge in [0.05, 0.1) is 25.4 Å². The largest absolute Gasteiger partial charge is 0.391 e. The lowest BCUT2D eigenvalue weighted by Gasteiger charge is -2.36. The molecular formula is C10H21NO3. The highest BCUT2D eigenvalue weighted by molar-refractivity contribution is 4.81. The maximum Gasteiger partial charge on any atom is 0.0739 e. The summed E-state index contributed by atoms with van der Waals surface area (Å²) in [6, 6.07) is 0.142. The number of ether oxygens (including phenoxy) is 2. The van der Waals surface area contributed by atoms with E-state index in [0.717, 1.165) is 19.5 Å². The molecule has 1 saturated heterocycles. The van der Waals surface area contributed by atoms with Crippen molar-refractivity contribution in [3.63, 3.8) is 0 Å². The molecule has 2 unspecified atom stereocenters. The molecule has 1 aliphatic rings. The lowest BCUT2D eigenvalue weighted by Crippen LogP contribution is -2.50. The third-order valence-corrected chi connectivity index (χ3v) is 2.75. The SMILES string of the molecule is CCN(CCOC)C1COCCC1O. The van der Waals surface area contributed by atoms with Gasteiger partial charge in [-0.05, 0) is 13.0 Å². The predicted octanol–water partition coefficient (Wildman–Crippen LogP) is 0.104. The van der Waals surface area contributed by atoms with Gasteiger partial charge in [-0.25, -0.2) is 0 Å². The summed E-state index contributed by atoms with van der Waals surface area (Å²) in [4.78, 5) is 2.22. The average molecular weight is 203 g/mol. The van der Waals surface area contributed by atoms with Crippen molar-refractivity contribution in [2.24, 2.45) is 0 Å². The zero-order valence-corrected chi connectivity index (χ0v) is 9.11. The standard InChI is InChI=1S/C10H21NO3/c1-3-11(5-7-13-2)9-8-14-6-4-10(9)12/h9-10,12H,3-8H2,1-2H3. The summed E-state index contributed by atoms with van der Waals surface area (Å²) in [5.41, 5.74) is 0. The van der Waals surface area contributed by atoms with Gasteiger partial charge >= 0.3 is 0 Å². The first-order chi connectivity index (χ1) is 6.79. The van der Waals surface area contributed by atoms with Crippen LogP contribution in [-0.4, -0.2) is 62.2 Å². The predicted molar refractivity (Wildman–Crippen MR) is 54.4 cm³/mol. The van der Waals surface area contributed by atoms with Gasteiger partial charge in [-0.2, -0.15) is 0 Å². The number of methoxy groups -OCH3 is 1. The van der Waals surface area contributed by atoms with E-state index in [1.165, 1.54) is 0 Å². The van der Waals surface area contributed by atoms with E-state index < -0.39 is 0 Å². The van der Waals surface area contributed by atoms with E-state index in [2.05, 4.69) is 11.8 Å². The molecule has 1 rings (SSSR count). The minimum atomic E-state index is -0.249. The molecule has 0 amide bonds. The molecule has 14 heavy (non-hydrogen) atoms. The van der Waals surface area contributed by atoms with Crippen LogP contribution in [0.1, 0.15) is 13.3 Å². The van der Waals surface area contributed by atoms with Gasteiger partial charge in [0.15, 0.2) is 0 Å². The molecule has 4 nitrogen and oxygen atoms in total. The molecule has 0 aromatic rings. The summed E-state index contributed by atoms with van der Waals surface area (Å²) in [6.45, 7) is 5.90. The Morgan fingerprint density at radius 3 is 2.93 bits per heavy atom. The topological polar surface area (TPSA) is 41.9 Å². The number of hydrogen-bond acceptors (Lipinski definition) is 4. The van der Waals surface area contributed by atoms with Crippen molar-refractivity contribution < 1.29 is 14.6 Å². The van der Waals surface area contributed by atoms with Gasteiger partial charge in [0.2, 0.25) is 0 Å². The Morgan fingerprint density at radius 1 is 1.57 bits per heavy atom. The number of aliphatic hydroxyl groups is 1. The highest BCUT2D eigenvalue weighted by atomic mass is 16.5. The fourth-order valence-electron chi connectivity index (χ4n) is 1.83. The van der Waals surface area contributed by atoms with Crippen LogP contribution in [0.15, 0.2) is 0 Å². The van der Waals surface area contributed by atoms with Gasteiger partial charge in [-0.1, -0.05) is 6.92 Å². The Hall–Kier alpha value is -0.160. The normalized spacial score (nSPS) is 28.3. The Bertz CT molecular complexity index is 154. The van der Waals surface area contributed by atoms with Gasteiger partial charge < -0.3 is 14.6 Å². The van der Waals surface area contributed by atoms with Gasteiger partial charge in [0.1, 0.15) is 0 Å². The molecule has 4 heteroatoms. The summed E-state index contributed by atoms with van der Waals surface area (Å²) < 4.78 is 10.4. The summed E-state index contributed by atoms with van der Waals surface area (Å²) in [6.07, 6.45) is 0.495. The summed E-state index contributed by atoms with van der Waals surface area (Å²) in [7, 11) is 1.70. The van der Waals surface area contributed by atoms with Gasteiger partial charge in [0, 0.05) is 20.3 Å². The lowest BCUT2D eigenvalue weighted by molar-refractivity contribution is -0.0638. The van der Waals surface area contributed by atoms with E-state index in [1.54, 1.807) is 7.11 Å². The summed E-state index contributed by atoms with van der Waals surface area (Å²) in [5.74, 6) is 0. The van der Waals surface area contributed by atoms with Crippen molar-refractivity contribution in [2.75, 3.05) is 40.0 Å². The third-order valence-electron chi connectivity index (χ3n) is 2.75. The molecule has 84 valence electrons. The zero-order chi connectivity index (χ0) is 10.4. The van der Waals surface area contributed by atoms with Crippen LogP contribution < -0.4 is 0 Å². The lowest BCUT2D eigenvalue weighted by atomic mass is 10.1. The van der Waals surface area contributed by atoms with Crippen molar-refractivity contribution in [2.45, 2.75) is 25.5 Å². The number of nitrogens with zero attached hydrogens (tertiary/aromatic N) is 1. The van der Waals surface area contributed by atoms with Crippen molar-refractivity contribution in [1.29, 1.82) is 0 Å². The van der Waals surface area contributed by atoms with Crippen LogP contribution in [0.2, 0.25) is 0 Å². The van der Waals surface area contributed by atoms with Crippen LogP contribution in [-0.2, 0) is 9.47 Å². The maximum atomic E-state index is 9.81. The van der Waals surface area contributed by atoms with Gasteiger partial charge in [-0.3, -0.25) is 4.90 Å². The number of rotatable bonds is 5. The first-order valence-corrected chi connectivity index (χ1v) is 5.28. The zero-order valence-electron chi connectivity index (χ0n) is 9.11. The first kappa shape index (κ1) is 11.9. The van der Waals surface area contributed by atoms with Crippen LogP contribution in [0.4, 0.5) is 0 Å². The number of aliphatic hydroxyl groups excluding tert-OH is 1. The Kier molecular flexibility index (Phi) is 5.40. The smallest absolute Gasteiger partial charge is 0.0739 e. The van der Waals surface area contributed by atoms with E-state index in [4.69, 9.17) is 9.47 Å². The maximum absolute atomic E-state index is 9.81. The van der Waals surface area contributed by atoms with Crippen LogP contribution in [0.5, 0.6) is 0 Å². The Morgan fingerprint density at radius 2 is 2.36 bits per heavy atom. The van der Waals surface area contributed by atoms with Crippen molar-refractivity contribution in [3.05, 3.63) is 0 Å². The molecule has 1 heterocycles. The second-order valence-electron chi connectivity index (χ2n) is 3.62. The molecule has 0 spiro atoms. The first-order valence-electron chi connectivity index (χ1n) is 5.28. The quantitative estimate of drug-likeness (QED) is 0.688. The average Bonchev–Trinajstić information content (AvgIpc) is 2.21. The molecule has 2 atom stereocenters. The molecule has 0 aromatic carbocycles. The number of likely N-dealkylation sites (N-methyl/N-ethyl adjacent to an activating group) is 1. The van der Waals surface area contributed by atoms with E-state index in [0.29, 0.717) is 19.8 Å². The van der Waals surface area contributed by atoms with E-state index in [-0.39, 0.29) is 12.1 Å². The Balaban J connectivity index is 2.40. The van der Waals surface area contributed by atoms with Crippen molar-refractivity contribution in [3.8, 4) is 0 Å². The molecule has 1 aliphatic heterocycles. The molecule has 1 fully saturated rings. The van der Waals surface area contributed by atoms with Crippen molar-refractivity contribution in [1.82, 2.24) is 4.90 Å². The minimum absolute atomic E-state index is 0.142. The van der Waals surface area contributed by atoms with E-state index >= 15 is 0 Å². The fraction of sp³-hybridized carbons (Fsp3) is 1.00. The Labute approximate surface area is 85.8 Å². The minimum Gasteiger partial charge on any atom is -0.391 e. The third kappa shape index (κ3) is 3.20. The van der Waals surface area contributed by atoms with Gasteiger partial charge in [-0.15, -0.1) is 0 Å². The molecule has 0 saturated carbocycles. The van der Waals surface area contributed by atoms with E-state index in [1.807, 2.05) is 0 Å². The van der Waals surface area contributed by atoms with Crippen LogP contribution in [0, 0.1) is 0 Å². The molecule has 0 aliphatic carbocycles. The van der Waals surface area contributed by atoms with Crippen LogP contribution >= 0.6 is 0 Å². The van der Waals surface area contributed by atoms with Gasteiger partial charge in [0.25, 0.3) is 0 Å². The fourth-order valence-corrected chi connectivity index (χ4v) is 1.83.